The summed E-state index contributed by atoms with van der Waals surface area (Å²) in [6.45, 7) is 1.60. The van der Waals surface area contributed by atoms with E-state index in [1.165, 1.54) is 25.3 Å². The standard InChI is InChI=1S/C14H12FNO3/c1-8-10(14(17)18)4-5-12(16-8)9-3-6-13(19-2)11(15)7-9/h3-7H,1-2H3,(H,17,18). The van der Waals surface area contributed by atoms with Crippen LogP contribution >= 0.6 is 0 Å². The number of carboxylic acids is 1. The highest BCUT2D eigenvalue weighted by Crippen LogP contribution is 2.25. The van der Waals surface area contributed by atoms with Crippen LogP contribution in [0.5, 0.6) is 5.75 Å². The van der Waals surface area contributed by atoms with Gasteiger partial charge in [0.05, 0.1) is 24.1 Å². The first kappa shape index (κ1) is 13.0. The number of aromatic carboxylic acids is 1. The van der Waals surface area contributed by atoms with Crippen LogP contribution in [-0.4, -0.2) is 23.2 Å². The van der Waals surface area contributed by atoms with Gasteiger partial charge < -0.3 is 9.84 Å². The molecular formula is C14H12FNO3. The summed E-state index contributed by atoms with van der Waals surface area (Å²) >= 11 is 0. The van der Waals surface area contributed by atoms with E-state index in [0.29, 0.717) is 17.0 Å². The second-order valence-corrected chi connectivity index (χ2v) is 3.98. The minimum atomic E-state index is -1.03. The zero-order valence-electron chi connectivity index (χ0n) is 10.5. The fourth-order valence-electron chi connectivity index (χ4n) is 1.77. The SMILES string of the molecule is COc1ccc(-c2ccc(C(=O)O)c(C)n2)cc1F. The molecule has 0 unspecified atom stereocenters. The Balaban J connectivity index is 2.45. The number of methoxy groups -OCH3 is 1. The van der Waals surface area contributed by atoms with Crippen LogP contribution < -0.4 is 4.74 Å². The van der Waals surface area contributed by atoms with Crippen LogP contribution in [0.1, 0.15) is 16.1 Å². The van der Waals surface area contributed by atoms with Crippen LogP contribution in [-0.2, 0) is 0 Å². The Bertz CT molecular complexity index is 641. The summed E-state index contributed by atoms with van der Waals surface area (Å²) in [6, 6.07) is 7.50. The van der Waals surface area contributed by atoms with Crippen molar-refractivity contribution in [2.24, 2.45) is 0 Å². The highest BCUT2D eigenvalue weighted by Gasteiger charge is 2.11. The van der Waals surface area contributed by atoms with Crippen molar-refractivity contribution in [3.63, 3.8) is 0 Å². The monoisotopic (exact) mass is 261 g/mol. The molecule has 0 aliphatic carbocycles. The minimum absolute atomic E-state index is 0.137. The maximum Gasteiger partial charge on any atom is 0.337 e. The van der Waals surface area contributed by atoms with E-state index in [0.717, 1.165) is 0 Å². The quantitative estimate of drug-likeness (QED) is 0.922. The van der Waals surface area contributed by atoms with Gasteiger partial charge in [-0.3, -0.25) is 4.98 Å². The van der Waals surface area contributed by atoms with Crippen molar-refractivity contribution in [1.82, 2.24) is 4.98 Å². The Morgan fingerprint density at radius 2 is 2.05 bits per heavy atom. The minimum Gasteiger partial charge on any atom is -0.494 e. The number of benzene rings is 1. The van der Waals surface area contributed by atoms with Gasteiger partial charge in [-0.05, 0) is 37.3 Å². The number of carbonyl (C=O) groups is 1. The van der Waals surface area contributed by atoms with Crippen LogP contribution in [0.15, 0.2) is 30.3 Å². The van der Waals surface area contributed by atoms with E-state index in [1.54, 1.807) is 19.1 Å². The van der Waals surface area contributed by atoms with E-state index >= 15 is 0 Å². The summed E-state index contributed by atoms with van der Waals surface area (Å²) in [5.41, 5.74) is 1.61. The van der Waals surface area contributed by atoms with Crippen LogP contribution in [0.3, 0.4) is 0 Å². The fraction of sp³-hybridized carbons (Fsp3) is 0.143. The molecule has 0 radical (unpaired) electrons. The predicted molar refractivity (Wildman–Crippen MR) is 67.9 cm³/mol. The number of pyridine rings is 1. The van der Waals surface area contributed by atoms with E-state index in [9.17, 15) is 9.18 Å². The van der Waals surface area contributed by atoms with Crippen molar-refractivity contribution in [1.29, 1.82) is 0 Å². The number of rotatable bonds is 3. The van der Waals surface area contributed by atoms with Crippen LogP contribution in [0, 0.1) is 12.7 Å². The van der Waals surface area contributed by atoms with Gasteiger partial charge in [0.25, 0.3) is 0 Å². The van der Waals surface area contributed by atoms with E-state index in [-0.39, 0.29) is 11.3 Å². The molecule has 4 nitrogen and oxygen atoms in total. The molecule has 0 aliphatic rings. The maximum atomic E-state index is 13.6. The first-order valence-corrected chi connectivity index (χ1v) is 5.58. The lowest BCUT2D eigenvalue weighted by atomic mass is 10.1. The molecule has 1 heterocycles. The summed E-state index contributed by atoms with van der Waals surface area (Å²) in [5.74, 6) is -1.36. The Morgan fingerprint density at radius 3 is 2.58 bits per heavy atom. The Hall–Kier alpha value is -2.43. The number of halogens is 1. The normalized spacial score (nSPS) is 10.3. The summed E-state index contributed by atoms with van der Waals surface area (Å²) in [7, 11) is 1.39. The Labute approximate surface area is 109 Å². The molecule has 0 spiro atoms. The second kappa shape index (κ2) is 5.06. The summed E-state index contributed by atoms with van der Waals surface area (Å²) in [5, 5.41) is 8.92. The molecule has 19 heavy (non-hydrogen) atoms. The molecule has 0 aliphatic heterocycles. The average molecular weight is 261 g/mol. The first-order chi connectivity index (χ1) is 9.02. The number of ether oxygens (including phenoxy) is 1. The highest BCUT2D eigenvalue weighted by atomic mass is 19.1. The second-order valence-electron chi connectivity index (χ2n) is 3.98. The van der Waals surface area contributed by atoms with Gasteiger partial charge in [0.1, 0.15) is 0 Å². The molecule has 0 fully saturated rings. The lowest BCUT2D eigenvalue weighted by Crippen LogP contribution is -2.02. The molecule has 98 valence electrons. The molecule has 0 bridgehead atoms. The summed E-state index contributed by atoms with van der Waals surface area (Å²) in [4.78, 5) is 15.1. The number of aromatic nitrogens is 1. The van der Waals surface area contributed by atoms with Gasteiger partial charge in [-0.25, -0.2) is 9.18 Å². The van der Waals surface area contributed by atoms with Crippen molar-refractivity contribution >= 4 is 5.97 Å². The van der Waals surface area contributed by atoms with E-state index in [4.69, 9.17) is 9.84 Å². The molecule has 5 heteroatoms. The van der Waals surface area contributed by atoms with Crippen molar-refractivity contribution < 1.29 is 19.0 Å². The number of carboxylic acid groups (broad SMARTS) is 1. The predicted octanol–water partition coefficient (Wildman–Crippen LogP) is 2.90. The Morgan fingerprint density at radius 1 is 1.32 bits per heavy atom. The van der Waals surface area contributed by atoms with Gasteiger partial charge in [0.2, 0.25) is 0 Å². The van der Waals surface area contributed by atoms with Crippen molar-refractivity contribution in [3.8, 4) is 17.0 Å². The largest absolute Gasteiger partial charge is 0.494 e. The van der Waals surface area contributed by atoms with Gasteiger partial charge in [-0.2, -0.15) is 0 Å². The topological polar surface area (TPSA) is 59.4 Å². The van der Waals surface area contributed by atoms with Crippen LogP contribution in [0.2, 0.25) is 0 Å². The van der Waals surface area contributed by atoms with Gasteiger partial charge >= 0.3 is 5.97 Å². The Kier molecular flexibility index (Phi) is 3.46. The van der Waals surface area contributed by atoms with Gasteiger partial charge in [0, 0.05) is 5.56 Å². The third-order valence-corrected chi connectivity index (χ3v) is 2.76. The third kappa shape index (κ3) is 2.54. The molecule has 0 saturated carbocycles. The zero-order chi connectivity index (χ0) is 14.0. The smallest absolute Gasteiger partial charge is 0.337 e. The number of hydrogen-bond donors (Lipinski definition) is 1. The first-order valence-electron chi connectivity index (χ1n) is 5.58. The average Bonchev–Trinajstić information content (AvgIpc) is 2.38. The number of nitrogens with zero attached hydrogens (tertiary/aromatic N) is 1. The van der Waals surface area contributed by atoms with Crippen molar-refractivity contribution in [2.75, 3.05) is 7.11 Å². The summed E-state index contributed by atoms with van der Waals surface area (Å²) < 4.78 is 18.4. The molecule has 1 N–H and O–H groups in total. The van der Waals surface area contributed by atoms with Crippen molar-refractivity contribution in [3.05, 3.63) is 47.4 Å². The number of aryl methyl sites for hydroxylation is 1. The zero-order valence-corrected chi connectivity index (χ0v) is 10.5. The maximum absolute atomic E-state index is 13.6. The summed E-state index contributed by atoms with van der Waals surface area (Å²) in [6.07, 6.45) is 0. The van der Waals surface area contributed by atoms with E-state index < -0.39 is 11.8 Å². The van der Waals surface area contributed by atoms with Crippen molar-refractivity contribution in [2.45, 2.75) is 6.92 Å². The van der Waals surface area contributed by atoms with Gasteiger partial charge in [-0.1, -0.05) is 0 Å². The lowest BCUT2D eigenvalue weighted by Gasteiger charge is -2.07. The lowest BCUT2D eigenvalue weighted by molar-refractivity contribution is 0.0695. The van der Waals surface area contributed by atoms with Crippen LogP contribution in [0.25, 0.3) is 11.3 Å². The van der Waals surface area contributed by atoms with E-state index in [1.807, 2.05) is 0 Å². The van der Waals surface area contributed by atoms with E-state index in [2.05, 4.69) is 4.98 Å². The molecule has 2 rings (SSSR count). The van der Waals surface area contributed by atoms with Gasteiger partial charge in [-0.15, -0.1) is 0 Å². The molecule has 1 aromatic carbocycles. The highest BCUT2D eigenvalue weighted by molar-refractivity contribution is 5.89. The molecule has 0 atom stereocenters. The fourth-order valence-corrected chi connectivity index (χ4v) is 1.77. The molecule has 2 aromatic rings. The molecule has 0 saturated heterocycles. The number of hydrogen-bond acceptors (Lipinski definition) is 3. The van der Waals surface area contributed by atoms with Gasteiger partial charge in [0.15, 0.2) is 11.6 Å². The third-order valence-electron chi connectivity index (χ3n) is 2.76. The molecule has 1 aromatic heterocycles. The molecular weight excluding hydrogens is 249 g/mol. The van der Waals surface area contributed by atoms with Crippen LogP contribution in [0.4, 0.5) is 4.39 Å². The molecule has 0 amide bonds.